The number of hydrogen-bond donors (Lipinski definition) is 2. The molecule has 0 aromatic heterocycles. The Bertz CT molecular complexity index is 824. The minimum atomic E-state index is -1.04. The predicted octanol–water partition coefficient (Wildman–Crippen LogP) is 1.84. The third kappa shape index (κ3) is 5.50. The molecule has 148 valence electrons. The average Bonchev–Trinajstić information content (AvgIpc) is 2.70. The molecule has 2 aromatic carbocycles. The van der Waals surface area contributed by atoms with Crippen LogP contribution in [0.4, 0.5) is 20.2 Å². The number of rotatable bonds is 6. The maximum atomic E-state index is 13.1. The van der Waals surface area contributed by atoms with E-state index in [4.69, 9.17) is 0 Å². The maximum absolute atomic E-state index is 13.1. The lowest BCUT2D eigenvalue weighted by Gasteiger charge is -2.35. The lowest BCUT2D eigenvalue weighted by molar-refractivity contribution is -0.125. The number of carbonyl (C=O) groups is 2. The van der Waals surface area contributed by atoms with Gasteiger partial charge in [0.2, 0.25) is 11.8 Å². The molecule has 28 heavy (non-hydrogen) atoms. The Labute approximate surface area is 162 Å². The van der Waals surface area contributed by atoms with E-state index in [1.54, 1.807) is 0 Å². The Kier molecular flexibility index (Phi) is 6.54. The van der Waals surface area contributed by atoms with E-state index in [0.717, 1.165) is 38.3 Å². The summed E-state index contributed by atoms with van der Waals surface area (Å²) in [4.78, 5) is 28.2. The van der Waals surface area contributed by atoms with Crippen LogP contribution in [0.2, 0.25) is 0 Å². The van der Waals surface area contributed by atoms with Crippen molar-refractivity contribution in [2.75, 3.05) is 49.5 Å². The third-order valence-electron chi connectivity index (χ3n) is 4.51. The second-order valence-corrected chi connectivity index (χ2v) is 6.55. The van der Waals surface area contributed by atoms with E-state index < -0.39 is 17.5 Å². The molecular formula is C20H22F2N4O2. The summed E-state index contributed by atoms with van der Waals surface area (Å²) in [6, 6.07) is 13.2. The number of nitrogens with one attached hydrogen (secondary N) is 2. The highest BCUT2D eigenvalue weighted by atomic mass is 19.2. The number of piperazine rings is 1. The molecule has 0 radical (unpaired) electrons. The quantitative estimate of drug-likeness (QED) is 0.793. The summed E-state index contributed by atoms with van der Waals surface area (Å²) in [5, 5.41) is 4.96. The van der Waals surface area contributed by atoms with Gasteiger partial charge in [0.25, 0.3) is 0 Å². The first-order valence-electron chi connectivity index (χ1n) is 9.05. The first kappa shape index (κ1) is 19.8. The summed E-state index contributed by atoms with van der Waals surface area (Å²) in [6.07, 6.45) is 0. The molecule has 0 unspecified atom stereocenters. The normalized spacial score (nSPS) is 14.6. The van der Waals surface area contributed by atoms with Crippen molar-refractivity contribution in [3.63, 3.8) is 0 Å². The Morgan fingerprint density at radius 1 is 0.893 bits per heavy atom. The highest BCUT2D eigenvalue weighted by Gasteiger charge is 2.19. The van der Waals surface area contributed by atoms with Gasteiger partial charge in [0, 0.05) is 43.6 Å². The molecular weight excluding hydrogens is 366 g/mol. The van der Waals surface area contributed by atoms with Crippen molar-refractivity contribution < 1.29 is 18.4 Å². The zero-order chi connectivity index (χ0) is 19.9. The fourth-order valence-corrected chi connectivity index (χ4v) is 3.02. The second kappa shape index (κ2) is 9.27. The molecule has 0 aliphatic carbocycles. The number of carbonyl (C=O) groups excluding carboxylic acids is 2. The molecule has 8 heteroatoms. The van der Waals surface area contributed by atoms with Crippen molar-refractivity contribution in [2.24, 2.45) is 0 Å². The third-order valence-corrected chi connectivity index (χ3v) is 4.51. The number of anilines is 2. The second-order valence-electron chi connectivity index (χ2n) is 6.55. The van der Waals surface area contributed by atoms with Crippen LogP contribution in [0, 0.1) is 11.6 Å². The minimum absolute atomic E-state index is 0.134. The fourth-order valence-electron chi connectivity index (χ4n) is 3.02. The van der Waals surface area contributed by atoms with Crippen LogP contribution in [-0.2, 0) is 9.59 Å². The number of nitrogens with zero attached hydrogens (tertiary/aromatic N) is 2. The Hall–Kier alpha value is -3.00. The molecule has 0 atom stereocenters. The lowest BCUT2D eigenvalue weighted by atomic mass is 10.2. The van der Waals surface area contributed by atoms with Gasteiger partial charge < -0.3 is 15.5 Å². The van der Waals surface area contributed by atoms with Gasteiger partial charge in [0.15, 0.2) is 11.6 Å². The molecule has 2 N–H and O–H groups in total. The summed E-state index contributed by atoms with van der Waals surface area (Å²) in [6.45, 7) is 3.14. The van der Waals surface area contributed by atoms with E-state index in [1.807, 2.05) is 23.1 Å². The van der Waals surface area contributed by atoms with Crippen LogP contribution in [0.5, 0.6) is 0 Å². The van der Waals surface area contributed by atoms with Crippen molar-refractivity contribution in [1.82, 2.24) is 10.2 Å². The molecule has 1 aliphatic heterocycles. The van der Waals surface area contributed by atoms with E-state index in [0.29, 0.717) is 0 Å². The SMILES string of the molecule is O=C(CN1CCN(c2ccccc2)CC1)NCC(=O)Nc1ccc(F)c(F)c1. The molecule has 3 rings (SSSR count). The topological polar surface area (TPSA) is 64.7 Å². The first-order valence-corrected chi connectivity index (χ1v) is 9.05. The summed E-state index contributed by atoms with van der Waals surface area (Å²) < 4.78 is 26.0. The molecule has 0 bridgehead atoms. The molecule has 1 saturated heterocycles. The molecule has 0 spiro atoms. The summed E-state index contributed by atoms with van der Waals surface area (Å²) in [5.74, 6) is -2.79. The zero-order valence-electron chi connectivity index (χ0n) is 15.3. The number of halogens is 2. The maximum Gasteiger partial charge on any atom is 0.243 e. The van der Waals surface area contributed by atoms with Gasteiger partial charge in [-0.2, -0.15) is 0 Å². The van der Waals surface area contributed by atoms with Gasteiger partial charge in [0.1, 0.15) is 0 Å². The molecule has 6 nitrogen and oxygen atoms in total. The molecule has 1 fully saturated rings. The van der Waals surface area contributed by atoms with Crippen LogP contribution in [0.3, 0.4) is 0 Å². The summed E-state index contributed by atoms with van der Waals surface area (Å²) in [7, 11) is 0. The van der Waals surface area contributed by atoms with E-state index in [-0.39, 0.29) is 24.7 Å². The van der Waals surface area contributed by atoms with Crippen molar-refractivity contribution in [3.05, 3.63) is 60.2 Å². The number of para-hydroxylation sites is 1. The van der Waals surface area contributed by atoms with Gasteiger partial charge in [-0.1, -0.05) is 18.2 Å². The molecule has 0 saturated carbocycles. The average molecular weight is 388 g/mol. The Morgan fingerprint density at radius 3 is 2.29 bits per heavy atom. The number of hydrogen-bond acceptors (Lipinski definition) is 4. The zero-order valence-corrected chi connectivity index (χ0v) is 15.3. The van der Waals surface area contributed by atoms with Crippen molar-refractivity contribution in [3.8, 4) is 0 Å². The summed E-state index contributed by atoms with van der Waals surface area (Å²) >= 11 is 0. The monoisotopic (exact) mass is 388 g/mol. The number of amides is 2. The van der Waals surface area contributed by atoms with Gasteiger partial charge in [0.05, 0.1) is 13.1 Å². The van der Waals surface area contributed by atoms with Crippen LogP contribution in [-0.4, -0.2) is 56.0 Å². The van der Waals surface area contributed by atoms with Crippen molar-refractivity contribution in [2.45, 2.75) is 0 Å². The van der Waals surface area contributed by atoms with Crippen LogP contribution < -0.4 is 15.5 Å². The standard InChI is InChI=1S/C20H22F2N4O2/c21-17-7-6-15(12-18(17)22)24-19(27)13-23-20(28)14-25-8-10-26(11-9-25)16-4-2-1-3-5-16/h1-7,12H,8-11,13-14H2,(H,23,28)(H,24,27). The van der Waals surface area contributed by atoms with Crippen LogP contribution >= 0.6 is 0 Å². The van der Waals surface area contributed by atoms with Gasteiger partial charge in [-0.15, -0.1) is 0 Å². The molecule has 1 aliphatic rings. The number of benzene rings is 2. The van der Waals surface area contributed by atoms with Crippen LogP contribution in [0.25, 0.3) is 0 Å². The van der Waals surface area contributed by atoms with E-state index in [2.05, 4.69) is 27.7 Å². The Balaban J connectivity index is 1.37. The van der Waals surface area contributed by atoms with Gasteiger partial charge in [-0.25, -0.2) is 8.78 Å². The van der Waals surface area contributed by atoms with E-state index in [1.165, 1.54) is 11.8 Å². The minimum Gasteiger partial charge on any atom is -0.369 e. The lowest BCUT2D eigenvalue weighted by Crippen LogP contribution is -2.50. The van der Waals surface area contributed by atoms with E-state index >= 15 is 0 Å². The highest BCUT2D eigenvalue weighted by molar-refractivity contribution is 5.94. The van der Waals surface area contributed by atoms with Gasteiger partial charge in [-0.3, -0.25) is 14.5 Å². The van der Waals surface area contributed by atoms with Gasteiger partial charge >= 0.3 is 0 Å². The summed E-state index contributed by atoms with van der Waals surface area (Å²) in [5.41, 5.74) is 1.30. The van der Waals surface area contributed by atoms with Crippen molar-refractivity contribution in [1.29, 1.82) is 0 Å². The predicted molar refractivity (Wildman–Crippen MR) is 103 cm³/mol. The molecule has 1 heterocycles. The first-order chi connectivity index (χ1) is 13.5. The smallest absolute Gasteiger partial charge is 0.243 e. The van der Waals surface area contributed by atoms with Crippen molar-refractivity contribution >= 4 is 23.2 Å². The van der Waals surface area contributed by atoms with Crippen LogP contribution in [0.1, 0.15) is 0 Å². The van der Waals surface area contributed by atoms with E-state index in [9.17, 15) is 18.4 Å². The van der Waals surface area contributed by atoms with Gasteiger partial charge in [-0.05, 0) is 24.3 Å². The highest BCUT2D eigenvalue weighted by Crippen LogP contribution is 2.15. The van der Waals surface area contributed by atoms with Crippen LogP contribution in [0.15, 0.2) is 48.5 Å². The Morgan fingerprint density at radius 2 is 1.61 bits per heavy atom. The fraction of sp³-hybridized carbons (Fsp3) is 0.300. The molecule has 2 aromatic rings. The largest absolute Gasteiger partial charge is 0.369 e. The molecule has 2 amide bonds.